The van der Waals surface area contributed by atoms with Gasteiger partial charge in [0.15, 0.2) is 0 Å². The second kappa shape index (κ2) is 7.05. The lowest BCUT2D eigenvalue weighted by atomic mass is 10.2. The van der Waals surface area contributed by atoms with Gasteiger partial charge in [0, 0.05) is 9.90 Å². The number of thiophene rings is 1. The molecule has 1 N–H and O–H groups in total. The molecule has 0 aliphatic carbocycles. The van der Waals surface area contributed by atoms with E-state index in [2.05, 4.69) is 33.5 Å². The number of aromatic nitrogens is 2. The molecule has 7 heteroatoms. The van der Waals surface area contributed by atoms with E-state index in [0.29, 0.717) is 32.4 Å². The van der Waals surface area contributed by atoms with Gasteiger partial charge in [-0.15, -0.1) is 11.3 Å². The quantitative estimate of drug-likeness (QED) is 0.376. The highest BCUT2D eigenvalue weighted by atomic mass is 35.5. The molecule has 3 nitrogen and oxygen atoms in total. The Balaban J connectivity index is 1.84. The van der Waals surface area contributed by atoms with Crippen molar-refractivity contribution in [3.05, 3.63) is 69.4 Å². The van der Waals surface area contributed by atoms with Crippen molar-refractivity contribution in [2.45, 2.75) is 6.92 Å². The van der Waals surface area contributed by atoms with Crippen LogP contribution in [0.2, 0.25) is 15.1 Å². The van der Waals surface area contributed by atoms with Gasteiger partial charge in [-0.05, 0) is 30.7 Å². The zero-order chi connectivity index (χ0) is 18.3. The Morgan fingerprint density at radius 3 is 2.31 bits per heavy atom. The van der Waals surface area contributed by atoms with Crippen LogP contribution in [0, 0.1) is 6.92 Å². The summed E-state index contributed by atoms with van der Waals surface area (Å²) in [6.45, 7) is 1.86. The summed E-state index contributed by atoms with van der Waals surface area (Å²) in [6.07, 6.45) is 0. The largest absolute Gasteiger partial charge is 0.337 e. The average Bonchev–Trinajstić information content (AvgIpc) is 3.02. The standard InChI is InChI=1S/C19H12Cl3N3S/c1-10-23-18(25-17-14(21)7-12(20)8-15(17)22)13-9-16(26-19(13)24-10)11-5-3-2-4-6-11/h2-9H,1H3,(H,23,24,25). The van der Waals surface area contributed by atoms with Gasteiger partial charge in [-0.1, -0.05) is 65.1 Å². The van der Waals surface area contributed by atoms with E-state index < -0.39 is 0 Å². The number of hydrogen-bond donors (Lipinski definition) is 1. The Hall–Kier alpha value is -1.85. The molecule has 0 saturated heterocycles. The second-order valence-corrected chi connectivity index (χ2v) is 7.97. The predicted molar refractivity (Wildman–Crippen MR) is 112 cm³/mol. The van der Waals surface area contributed by atoms with Crippen molar-refractivity contribution in [3.63, 3.8) is 0 Å². The third kappa shape index (κ3) is 3.38. The normalized spacial score (nSPS) is 11.1. The van der Waals surface area contributed by atoms with Gasteiger partial charge in [0.25, 0.3) is 0 Å². The minimum atomic E-state index is 0.436. The summed E-state index contributed by atoms with van der Waals surface area (Å²) in [4.78, 5) is 11.1. The third-order valence-corrected chi connectivity index (χ3v) is 5.71. The number of halogens is 3. The molecule has 0 fully saturated rings. The second-order valence-electron chi connectivity index (χ2n) is 5.68. The first kappa shape index (κ1) is 17.6. The number of anilines is 2. The Morgan fingerprint density at radius 1 is 0.923 bits per heavy atom. The number of nitrogens with zero attached hydrogens (tertiary/aromatic N) is 2. The molecule has 0 aliphatic rings. The molecular formula is C19H12Cl3N3S. The molecule has 2 aromatic heterocycles. The maximum atomic E-state index is 6.30. The van der Waals surface area contributed by atoms with E-state index in [9.17, 15) is 0 Å². The Morgan fingerprint density at radius 2 is 1.62 bits per heavy atom. The fourth-order valence-electron chi connectivity index (χ4n) is 2.65. The van der Waals surface area contributed by atoms with Crippen molar-refractivity contribution < 1.29 is 0 Å². The molecule has 0 atom stereocenters. The maximum absolute atomic E-state index is 6.30. The van der Waals surface area contributed by atoms with Gasteiger partial charge >= 0.3 is 0 Å². The van der Waals surface area contributed by atoms with Crippen LogP contribution in [0.1, 0.15) is 5.82 Å². The molecule has 0 unspecified atom stereocenters. The molecule has 0 spiro atoms. The smallest absolute Gasteiger partial charge is 0.143 e. The van der Waals surface area contributed by atoms with Crippen molar-refractivity contribution in [2.75, 3.05) is 5.32 Å². The summed E-state index contributed by atoms with van der Waals surface area (Å²) in [5, 5.41) is 5.52. The zero-order valence-electron chi connectivity index (χ0n) is 13.6. The highest BCUT2D eigenvalue weighted by molar-refractivity contribution is 7.21. The van der Waals surface area contributed by atoms with Crippen LogP contribution in [0.25, 0.3) is 20.7 Å². The molecule has 0 bridgehead atoms. The maximum Gasteiger partial charge on any atom is 0.143 e. The third-order valence-electron chi connectivity index (χ3n) is 3.81. The molecule has 26 heavy (non-hydrogen) atoms. The number of hydrogen-bond acceptors (Lipinski definition) is 4. The Kier molecular flexibility index (Phi) is 4.76. The van der Waals surface area contributed by atoms with Gasteiger partial charge in [0.2, 0.25) is 0 Å². The van der Waals surface area contributed by atoms with Crippen molar-refractivity contribution in [1.82, 2.24) is 9.97 Å². The first-order chi connectivity index (χ1) is 12.5. The van der Waals surface area contributed by atoms with E-state index in [4.69, 9.17) is 34.8 Å². The molecule has 0 saturated carbocycles. The van der Waals surface area contributed by atoms with Gasteiger partial charge in [0.05, 0.1) is 21.1 Å². The van der Waals surface area contributed by atoms with Gasteiger partial charge < -0.3 is 5.32 Å². The first-order valence-electron chi connectivity index (χ1n) is 7.76. The van der Waals surface area contributed by atoms with Crippen molar-refractivity contribution >= 4 is 67.9 Å². The summed E-state index contributed by atoms with van der Waals surface area (Å²) in [7, 11) is 0. The summed E-state index contributed by atoms with van der Waals surface area (Å²) in [5.41, 5.74) is 1.71. The molecule has 0 aliphatic heterocycles. The Labute approximate surface area is 169 Å². The molecule has 0 amide bonds. The van der Waals surface area contributed by atoms with E-state index >= 15 is 0 Å². The first-order valence-corrected chi connectivity index (χ1v) is 9.71. The minimum absolute atomic E-state index is 0.436. The van der Waals surface area contributed by atoms with Crippen LogP contribution in [-0.4, -0.2) is 9.97 Å². The molecule has 4 aromatic rings. The van der Waals surface area contributed by atoms with Gasteiger partial charge in [-0.3, -0.25) is 0 Å². The number of rotatable bonds is 3. The van der Waals surface area contributed by atoms with E-state index in [1.54, 1.807) is 23.5 Å². The van der Waals surface area contributed by atoms with Crippen LogP contribution >= 0.6 is 46.1 Å². The lowest BCUT2D eigenvalue weighted by molar-refractivity contribution is 1.10. The summed E-state index contributed by atoms with van der Waals surface area (Å²) < 4.78 is 0. The fourth-order valence-corrected chi connectivity index (χ4v) is 4.64. The van der Waals surface area contributed by atoms with E-state index in [1.165, 1.54) is 0 Å². The number of fused-ring (bicyclic) bond motifs is 1. The van der Waals surface area contributed by atoms with Crippen LogP contribution < -0.4 is 5.32 Å². The SMILES string of the molecule is Cc1nc(Nc2c(Cl)cc(Cl)cc2Cl)c2cc(-c3ccccc3)sc2n1. The van der Waals surface area contributed by atoms with E-state index in [1.807, 2.05) is 25.1 Å². The number of aryl methyl sites for hydroxylation is 1. The monoisotopic (exact) mass is 419 g/mol. The topological polar surface area (TPSA) is 37.8 Å². The van der Waals surface area contributed by atoms with Gasteiger partial charge in [0.1, 0.15) is 16.5 Å². The predicted octanol–water partition coefficient (Wildman–Crippen LogP) is 7.37. The summed E-state index contributed by atoms with van der Waals surface area (Å²) >= 11 is 20.2. The van der Waals surface area contributed by atoms with Gasteiger partial charge in [-0.2, -0.15) is 0 Å². The summed E-state index contributed by atoms with van der Waals surface area (Å²) in [6, 6.07) is 15.5. The average molecular weight is 421 g/mol. The molecule has 0 radical (unpaired) electrons. The zero-order valence-corrected chi connectivity index (χ0v) is 16.6. The number of benzene rings is 2. The molecule has 2 heterocycles. The molecular weight excluding hydrogens is 409 g/mol. The van der Waals surface area contributed by atoms with Crippen molar-refractivity contribution in [2.24, 2.45) is 0 Å². The van der Waals surface area contributed by atoms with Crippen LogP contribution in [0.5, 0.6) is 0 Å². The Bertz CT molecular complexity index is 1090. The van der Waals surface area contributed by atoms with E-state index in [-0.39, 0.29) is 0 Å². The summed E-state index contributed by atoms with van der Waals surface area (Å²) in [5.74, 6) is 1.33. The van der Waals surface area contributed by atoms with Gasteiger partial charge in [-0.25, -0.2) is 9.97 Å². The highest BCUT2D eigenvalue weighted by Crippen LogP contribution is 2.39. The van der Waals surface area contributed by atoms with Crippen molar-refractivity contribution in [3.8, 4) is 10.4 Å². The molecule has 2 aromatic carbocycles. The van der Waals surface area contributed by atoms with Crippen molar-refractivity contribution in [1.29, 1.82) is 0 Å². The van der Waals surface area contributed by atoms with Crippen LogP contribution in [0.4, 0.5) is 11.5 Å². The molecule has 4 rings (SSSR count). The lowest BCUT2D eigenvalue weighted by Crippen LogP contribution is -1.99. The van der Waals surface area contributed by atoms with Crippen LogP contribution in [0.15, 0.2) is 48.5 Å². The van der Waals surface area contributed by atoms with E-state index in [0.717, 1.165) is 20.7 Å². The number of nitrogens with one attached hydrogen (secondary N) is 1. The van der Waals surface area contributed by atoms with Crippen LogP contribution in [-0.2, 0) is 0 Å². The minimum Gasteiger partial charge on any atom is -0.337 e. The lowest BCUT2D eigenvalue weighted by Gasteiger charge is -2.11. The van der Waals surface area contributed by atoms with Crippen LogP contribution in [0.3, 0.4) is 0 Å². The molecule has 130 valence electrons. The fraction of sp³-hybridized carbons (Fsp3) is 0.0526. The highest BCUT2D eigenvalue weighted by Gasteiger charge is 2.15.